The number of hydrogen-bond donors (Lipinski definition) is 1. The lowest BCUT2D eigenvalue weighted by molar-refractivity contribution is 0.102. The predicted octanol–water partition coefficient (Wildman–Crippen LogP) is 3.42. The first-order valence-corrected chi connectivity index (χ1v) is 8.17. The van der Waals surface area contributed by atoms with Gasteiger partial charge in [-0.15, -0.1) is 0 Å². The van der Waals surface area contributed by atoms with Crippen LogP contribution in [0.4, 0.5) is 11.5 Å². The van der Waals surface area contributed by atoms with Crippen LogP contribution in [0.2, 0.25) is 0 Å². The van der Waals surface area contributed by atoms with E-state index in [1.165, 1.54) is 25.7 Å². The molecule has 0 bridgehead atoms. The number of rotatable bonds is 3. The second-order valence-electron chi connectivity index (χ2n) is 5.98. The van der Waals surface area contributed by atoms with E-state index in [0.29, 0.717) is 5.69 Å². The van der Waals surface area contributed by atoms with Crippen LogP contribution in [0, 0.1) is 6.92 Å². The summed E-state index contributed by atoms with van der Waals surface area (Å²) in [6.07, 6.45) is 8.20. The SMILES string of the molecule is Cc1ccc(NC(=O)c2cnc(N3CCCCCC3)cn2)cc1. The Morgan fingerprint density at radius 3 is 2.30 bits per heavy atom. The molecule has 120 valence electrons. The van der Waals surface area contributed by atoms with Crippen LogP contribution in [0.3, 0.4) is 0 Å². The third-order valence-electron chi connectivity index (χ3n) is 4.11. The molecule has 1 aliphatic heterocycles. The minimum atomic E-state index is -0.233. The monoisotopic (exact) mass is 310 g/mol. The van der Waals surface area contributed by atoms with E-state index in [2.05, 4.69) is 20.2 Å². The minimum Gasteiger partial charge on any atom is -0.355 e. The molecule has 0 radical (unpaired) electrons. The molecular formula is C18H22N4O. The average molecular weight is 310 g/mol. The van der Waals surface area contributed by atoms with E-state index >= 15 is 0 Å². The van der Waals surface area contributed by atoms with Gasteiger partial charge in [0, 0.05) is 18.8 Å². The molecule has 3 rings (SSSR count). The molecule has 1 aromatic carbocycles. The largest absolute Gasteiger partial charge is 0.355 e. The summed E-state index contributed by atoms with van der Waals surface area (Å²) in [6.45, 7) is 4.05. The summed E-state index contributed by atoms with van der Waals surface area (Å²) >= 11 is 0. The highest BCUT2D eigenvalue weighted by atomic mass is 16.1. The second-order valence-corrected chi connectivity index (χ2v) is 5.98. The standard InChI is InChI=1S/C18H22N4O/c1-14-6-8-15(9-7-14)21-18(23)16-12-20-17(13-19-16)22-10-4-2-3-5-11-22/h6-9,12-13H,2-5,10-11H2,1H3,(H,21,23). The number of hydrogen-bond acceptors (Lipinski definition) is 4. The van der Waals surface area contributed by atoms with Gasteiger partial charge in [0.25, 0.3) is 5.91 Å². The molecule has 5 nitrogen and oxygen atoms in total. The van der Waals surface area contributed by atoms with E-state index < -0.39 is 0 Å². The van der Waals surface area contributed by atoms with Gasteiger partial charge in [-0.1, -0.05) is 30.5 Å². The number of aromatic nitrogens is 2. The summed E-state index contributed by atoms with van der Waals surface area (Å²) in [4.78, 5) is 23.2. The molecule has 0 aliphatic carbocycles. The van der Waals surface area contributed by atoms with E-state index in [-0.39, 0.29) is 5.91 Å². The highest BCUT2D eigenvalue weighted by molar-refractivity contribution is 6.02. The fourth-order valence-electron chi connectivity index (χ4n) is 2.73. The molecule has 23 heavy (non-hydrogen) atoms. The van der Waals surface area contributed by atoms with Crippen LogP contribution in [0.25, 0.3) is 0 Å². The average Bonchev–Trinajstić information content (AvgIpc) is 2.86. The highest BCUT2D eigenvalue weighted by Gasteiger charge is 2.13. The van der Waals surface area contributed by atoms with Crippen molar-refractivity contribution in [3.05, 3.63) is 47.9 Å². The molecule has 2 aromatic rings. The fraction of sp³-hybridized carbons (Fsp3) is 0.389. The molecule has 1 N–H and O–H groups in total. The predicted molar refractivity (Wildman–Crippen MR) is 91.8 cm³/mol. The Labute approximate surface area is 136 Å². The Kier molecular flexibility index (Phi) is 4.86. The van der Waals surface area contributed by atoms with Crippen molar-refractivity contribution in [3.8, 4) is 0 Å². The Hall–Kier alpha value is -2.43. The van der Waals surface area contributed by atoms with Crippen molar-refractivity contribution in [3.63, 3.8) is 0 Å². The van der Waals surface area contributed by atoms with Gasteiger partial charge in [0.2, 0.25) is 0 Å². The Balaban J connectivity index is 1.66. The Bertz CT molecular complexity index is 644. The van der Waals surface area contributed by atoms with Crippen molar-refractivity contribution in [2.75, 3.05) is 23.3 Å². The van der Waals surface area contributed by atoms with Crippen LogP contribution in [-0.4, -0.2) is 29.0 Å². The molecular weight excluding hydrogens is 288 g/mol. The first-order valence-electron chi connectivity index (χ1n) is 8.17. The van der Waals surface area contributed by atoms with Gasteiger partial charge in [-0.2, -0.15) is 0 Å². The van der Waals surface area contributed by atoms with Crippen molar-refractivity contribution >= 4 is 17.4 Å². The van der Waals surface area contributed by atoms with Gasteiger partial charge in [0.05, 0.1) is 12.4 Å². The van der Waals surface area contributed by atoms with Crippen LogP contribution in [0.15, 0.2) is 36.7 Å². The maximum Gasteiger partial charge on any atom is 0.275 e. The number of aryl methyl sites for hydroxylation is 1. The van der Waals surface area contributed by atoms with Gasteiger partial charge in [-0.3, -0.25) is 4.79 Å². The molecule has 1 aromatic heterocycles. The van der Waals surface area contributed by atoms with Crippen molar-refractivity contribution in [2.45, 2.75) is 32.6 Å². The summed E-state index contributed by atoms with van der Waals surface area (Å²) in [7, 11) is 0. The second kappa shape index (κ2) is 7.22. The zero-order chi connectivity index (χ0) is 16.1. The Morgan fingerprint density at radius 2 is 1.70 bits per heavy atom. The van der Waals surface area contributed by atoms with Gasteiger partial charge in [0.15, 0.2) is 0 Å². The molecule has 1 amide bonds. The molecule has 0 atom stereocenters. The third kappa shape index (κ3) is 4.06. The third-order valence-corrected chi connectivity index (χ3v) is 4.11. The van der Waals surface area contributed by atoms with Crippen LogP contribution >= 0.6 is 0 Å². The number of benzene rings is 1. The summed E-state index contributed by atoms with van der Waals surface area (Å²) < 4.78 is 0. The number of amides is 1. The lowest BCUT2D eigenvalue weighted by atomic mass is 10.2. The van der Waals surface area contributed by atoms with Crippen LogP contribution in [0.1, 0.15) is 41.7 Å². The van der Waals surface area contributed by atoms with Crippen LogP contribution < -0.4 is 10.2 Å². The maximum atomic E-state index is 12.2. The van der Waals surface area contributed by atoms with Crippen molar-refractivity contribution in [1.29, 1.82) is 0 Å². The fourth-order valence-corrected chi connectivity index (χ4v) is 2.73. The molecule has 0 saturated carbocycles. The van der Waals surface area contributed by atoms with Crippen molar-refractivity contribution < 1.29 is 4.79 Å². The quantitative estimate of drug-likeness (QED) is 0.943. The minimum absolute atomic E-state index is 0.233. The van der Waals surface area contributed by atoms with E-state index in [1.807, 2.05) is 31.2 Å². The van der Waals surface area contributed by atoms with Crippen LogP contribution in [-0.2, 0) is 0 Å². The van der Waals surface area contributed by atoms with Gasteiger partial charge < -0.3 is 10.2 Å². The Morgan fingerprint density at radius 1 is 1.00 bits per heavy atom. The first-order chi connectivity index (χ1) is 11.2. The maximum absolute atomic E-state index is 12.2. The summed E-state index contributed by atoms with van der Waals surface area (Å²) in [5.41, 5.74) is 2.26. The van der Waals surface area contributed by atoms with Gasteiger partial charge in [-0.05, 0) is 31.9 Å². The molecule has 1 saturated heterocycles. The summed E-state index contributed by atoms with van der Waals surface area (Å²) in [6, 6.07) is 7.69. The van der Waals surface area contributed by atoms with Crippen LogP contribution in [0.5, 0.6) is 0 Å². The molecule has 1 fully saturated rings. The van der Waals surface area contributed by atoms with Gasteiger partial charge in [-0.25, -0.2) is 9.97 Å². The van der Waals surface area contributed by atoms with E-state index in [9.17, 15) is 4.79 Å². The zero-order valence-electron chi connectivity index (χ0n) is 13.5. The number of carbonyl (C=O) groups excluding carboxylic acids is 1. The summed E-state index contributed by atoms with van der Waals surface area (Å²) in [5, 5.41) is 2.84. The highest BCUT2D eigenvalue weighted by Crippen LogP contribution is 2.16. The van der Waals surface area contributed by atoms with Gasteiger partial charge >= 0.3 is 0 Å². The lowest BCUT2D eigenvalue weighted by Gasteiger charge is -2.20. The topological polar surface area (TPSA) is 58.1 Å². The molecule has 0 spiro atoms. The molecule has 2 heterocycles. The molecule has 5 heteroatoms. The number of nitrogens with zero attached hydrogens (tertiary/aromatic N) is 3. The molecule has 0 unspecified atom stereocenters. The van der Waals surface area contributed by atoms with E-state index in [1.54, 1.807) is 12.4 Å². The first kappa shape index (κ1) is 15.5. The normalized spacial score (nSPS) is 15.1. The van der Waals surface area contributed by atoms with Crippen molar-refractivity contribution in [2.24, 2.45) is 0 Å². The lowest BCUT2D eigenvalue weighted by Crippen LogP contribution is -2.25. The zero-order valence-corrected chi connectivity index (χ0v) is 13.5. The number of nitrogens with one attached hydrogen (secondary N) is 1. The number of carbonyl (C=O) groups is 1. The summed E-state index contributed by atoms with van der Waals surface area (Å²) in [5.74, 6) is 0.627. The van der Waals surface area contributed by atoms with Crippen molar-refractivity contribution in [1.82, 2.24) is 9.97 Å². The smallest absolute Gasteiger partial charge is 0.275 e. The van der Waals surface area contributed by atoms with Gasteiger partial charge in [0.1, 0.15) is 11.5 Å². The van der Waals surface area contributed by atoms with E-state index in [0.717, 1.165) is 30.2 Å². The molecule has 1 aliphatic rings. The number of anilines is 2. The van der Waals surface area contributed by atoms with E-state index in [4.69, 9.17) is 0 Å².